The first-order valence-electron chi connectivity index (χ1n) is 10.9. The van der Waals surface area contributed by atoms with Gasteiger partial charge in [0.25, 0.3) is 0 Å². The Bertz CT molecular complexity index is 919. The monoisotopic (exact) mass is 450 g/mol. The lowest BCUT2D eigenvalue weighted by Gasteiger charge is -2.24. The topological polar surface area (TPSA) is 135 Å². The summed E-state index contributed by atoms with van der Waals surface area (Å²) in [4.78, 5) is 37.4. The van der Waals surface area contributed by atoms with Crippen LogP contribution < -0.4 is 4.74 Å². The number of aliphatic hydroxyl groups is 1. The van der Waals surface area contributed by atoms with E-state index in [2.05, 4.69) is 15.0 Å². The van der Waals surface area contributed by atoms with Gasteiger partial charge in [-0.15, -0.1) is 0 Å². The van der Waals surface area contributed by atoms with Crippen LogP contribution in [0.1, 0.15) is 58.6 Å². The van der Waals surface area contributed by atoms with E-state index in [-0.39, 0.29) is 18.7 Å². The molecule has 32 heavy (non-hydrogen) atoms. The molecule has 4 atom stereocenters. The summed E-state index contributed by atoms with van der Waals surface area (Å²) in [5.41, 5.74) is 0.796. The Morgan fingerprint density at radius 1 is 1.06 bits per heavy atom. The van der Waals surface area contributed by atoms with Gasteiger partial charge in [0.2, 0.25) is 5.88 Å². The molecule has 2 aromatic rings. The Morgan fingerprint density at radius 3 is 2.31 bits per heavy atom. The highest BCUT2D eigenvalue weighted by atomic mass is 16.6. The zero-order valence-electron chi connectivity index (χ0n) is 18.6. The van der Waals surface area contributed by atoms with Crippen molar-refractivity contribution < 1.29 is 33.6 Å². The first kappa shape index (κ1) is 23.9. The van der Waals surface area contributed by atoms with Crippen LogP contribution in [0.4, 0.5) is 0 Å². The lowest BCUT2D eigenvalue weighted by molar-refractivity contribution is -0.168. The molecule has 1 saturated heterocycles. The molecule has 1 N–H and O–H groups in total. The van der Waals surface area contributed by atoms with Gasteiger partial charge in [0, 0.05) is 12.8 Å². The minimum atomic E-state index is -0.986. The van der Waals surface area contributed by atoms with Crippen molar-refractivity contribution in [2.75, 3.05) is 13.7 Å². The number of hydrogen-bond acceptors (Lipinski definition) is 10. The second kappa shape index (κ2) is 11.2. The summed E-state index contributed by atoms with van der Waals surface area (Å²) < 4.78 is 24.1. The average Bonchev–Trinajstić information content (AvgIpc) is 3.37. The fourth-order valence-corrected chi connectivity index (χ4v) is 3.58. The number of ether oxygens (including phenoxy) is 4. The SMILES string of the molecule is CCCCC(=O)O[C@H]1[C@H](OC(=O)CCCC)[C@@H](CO)O[C@H]1n1cnc2c(OC)ncnc21. The van der Waals surface area contributed by atoms with E-state index in [0.717, 1.165) is 12.8 Å². The summed E-state index contributed by atoms with van der Waals surface area (Å²) in [5, 5.41) is 9.90. The Morgan fingerprint density at radius 2 is 1.72 bits per heavy atom. The highest BCUT2D eigenvalue weighted by Gasteiger charge is 2.50. The lowest BCUT2D eigenvalue weighted by Crippen LogP contribution is -2.40. The maximum Gasteiger partial charge on any atom is 0.306 e. The van der Waals surface area contributed by atoms with E-state index >= 15 is 0 Å². The third kappa shape index (κ3) is 5.16. The third-order valence-corrected chi connectivity index (χ3v) is 5.26. The van der Waals surface area contributed by atoms with Crippen molar-refractivity contribution in [1.29, 1.82) is 0 Å². The maximum absolute atomic E-state index is 12.5. The highest BCUT2D eigenvalue weighted by Crippen LogP contribution is 2.36. The third-order valence-electron chi connectivity index (χ3n) is 5.26. The number of carbonyl (C=O) groups is 2. The minimum Gasteiger partial charge on any atom is -0.479 e. The number of aliphatic hydroxyl groups excluding tert-OH is 1. The van der Waals surface area contributed by atoms with Crippen LogP contribution in [0.25, 0.3) is 11.2 Å². The van der Waals surface area contributed by atoms with Crippen molar-refractivity contribution >= 4 is 23.1 Å². The van der Waals surface area contributed by atoms with Crippen LogP contribution >= 0.6 is 0 Å². The molecule has 11 heteroatoms. The number of esters is 2. The molecule has 0 bridgehead atoms. The maximum atomic E-state index is 12.5. The van der Waals surface area contributed by atoms with Crippen LogP contribution in [0.3, 0.4) is 0 Å². The van der Waals surface area contributed by atoms with Crippen LogP contribution in [0.5, 0.6) is 5.88 Å². The molecular weight excluding hydrogens is 420 g/mol. The van der Waals surface area contributed by atoms with Crippen molar-refractivity contribution in [2.24, 2.45) is 0 Å². The molecule has 0 amide bonds. The first-order chi connectivity index (χ1) is 15.5. The summed E-state index contributed by atoms with van der Waals surface area (Å²) >= 11 is 0. The van der Waals surface area contributed by atoms with Crippen LogP contribution in [-0.4, -0.2) is 68.6 Å². The van der Waals surface area contributed by atoms with Crippen LogP contribution in [0, 0.1) is 0 Å². The largest absolute Gasteiger partial charge is 0.479 e. The molecule has 1 aliphatic rings. The Labute approximate surface area is 186 Å². The normalized spacial score (nSPS) is 22.8. The van der Waals surface area contributed by atoms with Crippen molar-refractivity contribution in [2.45, 2.75) is 76.9 Å². The van der Waals surface area contributed by atoms with Crippen LogP contribution in [-0.2, 0) is 23.8 Å². The van der Waals surface area contributed by atoms with Gasteiger partial charge in [-0.1, -0.05) is 26.7 Å². The van der Waals surface area contributed by atoms with E-state index in [1.807, 2.05) is 13.8 Å². The lowest BCUT2D eigenvalue weighted by atomic mass is 10.1. The van der Waals surface area contributed by atoms with Gasteiger partial charge in [0.05, 0.1) is 20.0 Å². The Kier molecular flexibility index (Phi) is 8.34. The summed E-state index contributed by atoms with van der Waals surface area (Å²) in [6, 6.07) is 0. The highest BCUT2D eigenvalue weighted by molar-refractivity contribution is 5.76. The van der Waals surface area contributed by atoms with E-state index in [0.29, 0.717) is 24.0 Å². The Balaban J connectivity index is 1.94. The molecular formula is C21H30N4O7. The molecule has 3 rings (SSSR count). The Hall–Kier alpha value is -2.79. The van der Waals surface area contributed by atoms with Gasteiger partial charge in [-0.25, -0.2) is 9.97 Å². The molecule has 0 radical (unpaired) electrons. The molecule has 0 aliphatic carbocycles. The number of hydrogen-bond donors (Lipinski definition) is 1. The standard InChI is InChI=1S/C21H30N4O7/c1-4-6-8-14(27)31-17-13(10-26)30-21(18(17)32-15(28)9-7-5-2)25-12-24-16-19(25)22-11-23-20(16)29-3/h11-13,17-18,21,26H,4-10H2,1-3H3/t13-,17-,18+,21-/m1/s1. The number of imidazole rings is 1. The van der Waals surface area contributed by atoms with Crippen molar-refractivity contribution in [3.05, 3.63) is 12.7 Å². The number of unbranched alkanes of at least 4 members (excludes halogenated alkanes) is 2. The predicted octanol–water partition coefficient (Wildman–Crippen LogP) is 1.93. The van der Waals surface area contributed by atoms with Gasteiger partial charge in [-0.2, -0.15) is 4.98 Å². The molecule has 0 saturated carbocycles. The zero-order valence-corrected chi connectivity index (χ0v) is 18.6. The number of carbonyl (C=O) groups excluding carboxylic acids is 2. The number of aromatic nitrogens is 4. The summed E-state index contributed by atoms with van der Waals surface area (Å²) in [5.74, 6) is -0.589. The van der Waals surface area contributed by atoms with E-state index < -0.39 is 43.1 Å². The quantitative estimate of drug-likeness (QED) is 0.506. The second-order valence-electron chi connectivity index (χ2n) is 7.57. The van der Waals surface area contributed by atoms with E-state index in [9.17, 15) is 14.7 Å². The van der Waals surface area contributed by atoms with Gasteiger partial charge in [-0.05, 0) is 12.8 Å². The summed E-state index contributed by atoms with van der Waals surface area (Å²) in [7, 11) is 1.47. The molecule has 2 aromatic heterocycles. The zero-order chi connectivity index (χ0) is 23.1. The van der Waals surface area contributed by atoms with E-state index in [4.69, 9.17) is 18.9 Å². The minimum absolute atomic E-state index is 0.223. The molecule has 1 fully saturated rings. The number of rotatable bonds is 11. The second-order valence-corrected chi connectivity index (χ2v) is 7.57. The van der Waals surface area contributed by atoms with Crippen molar-refractivity contribution in [3.63, 3.8) is 0 Å². The smallest absolute Gasteiger partial charge is 0.306 e. The summed E-state index contributed by atoms with van der Waals surface area (Å²) in [6.45, 7) is 3.52. The van der Waals surface area contributed by atoms with Crippen LogP contribution in [0.15, 0.2) is 12.7 Å². The molecule has 3 heterocycles. The number of nitrogens with zero attached hydrogens (tertiary/aromatic N) is 4. The van der Waals surface area contributed by atoms with Gasteiger partial charge >= 0.3 is 11.9 Å². The van der Waals surface area contributed by atoms with E-state index in [1.165, 1.54) is 19.8 Å². The van der Waals surface area contributed by atoms with Gasteiger partial charge < -0.3 is 24.1 Å². The molecule has 0 aromatic carbocycles. The fraction of sp³-hybridized carbons (Fsp3) is 0.667. The van der Waals surface area contributed by atoms with Gasteiger partial charge in [-0.3, -0.25) is 14.2 Å². The number of methoxy groups -OCH3 is 1. The average molecular weight is 450 g/mol. The molecule has 0 spiro atoms. The summed E-state index contributed by atoms with van der Waals surface area (Å²) in [6.07, 6.45) is 2.49. The molecule has 176 valence electrons. The molecule has 11 nitrogen and oxygen atoms in total. The predicted molar refractivity (Wildman–Crippen MR) is 112 cm³/mol. The molecule has 1 aliphatic heterocycles. The van der Waals surface area contributed by atoms with Crippen molar-refractivity contribution in [3.8, 4) is 5.88 Å². The molecule has 0 unspecified atom stereocenters. The van der Waals surface area contributed by atoms with Crippen LogP contribution in [0.2, 0.25) is 0 Å². The van der Waals surface area contributed by atoms with E-state index in [1.54, 1.807) is 4.57 Å². The first-order valence-corrected chi connectivity index (χ1v) is 10.9. The van der Waals surface area contributed by atoms with Gasteiger partial charge in [0.1, 0.15) is 12.4 Å². The van der Waals surface area contributed by atoms with Gasteiger partial charge in [0.15, 0.2) is 29.6 Å². The fourth-order valence-electron chi connectivity index (χ4n) is 3.58. The van der Waals surface area contributed by atoms with Crippen molar-refractivity contribution in [1.82, 2.24) is 19.5 Å². The number of fused-ring (bicyclic) bond motifs is 1.